The summed E-state index contributed by atoms with van der Waals surface area (Å²) < 4.78 is 0. The van der Waals surface area contributed by atoms with Crippen LogP contribution in [-0.4, -0.2) is 23.1 Å². The fourth-order valence-electron chi connectivity index (χ4n) is 2.58. The minimum atomic E-state index is 0.471. The van der Waals surface area contributed by atoms with E-state index in [1.54, 1.807) is 0 Å². The molecule has 2 rings (SSSR count). The molecular weight excluding hydrogens is 210 g/mol. The smallest absolute Gasteiger partial charge is 0.122 e. The molecule has 1 aliphatic heterocycles. The molecule has 1 aromatic carbocycles. The molecule has 0 aliphatic carbocycles. The lowest BCUT2D eigenvalue weighted by molar-refractivity contribution is 0.131. The molecule has 2 unspecified atom stereocenters. The summed E-state index contributed by atoms with van der Waals surface area (Å²) in [5, 5.41) is 10.0. The molecule has 0 aromatic heterocycles. The molecule has 1 saturated heterocycles. The number of aromatic hydroxyl groups is 1. The van der Waals surface area contributed by atoms with Crippen molar-refractivity contribution in [3.05, 3.63) is 29.3 Å². The van der Waals surface area contributed by atoms with Crippen molar-refractivity contribution in [2.24, 2.45) is 11.8 Å². The number of aryl methyl sites for hydroxylation is 1. The van der Waals surface area contributed by atoms with Crippen LogP contribution in [0.4, 0.5) is 0 Å². The van der Waals surface area contributed by atoms with Crippen LogP contribution in [0.3, 0.4) is 0 Å². The van der Waals surface area contributed by atoms with Gasteiger partial charge in [0.25, 0.3) is 0 Å². The number of nitrogens with zero attached hydrogens (tertiary/aromatic N) is 1. The van der Waals surface area contributed by atoms with Crippen molar-refractivity contribution in [1.29, 1.82) is 0 Å². The molecule has 0 saturated carbocycles. The number of rotatable bonds is 2. The second-order valence-electron chi connectivity index (χ2n) is 5.56. The number of phenols is 1. The molecule has 0 bridgehead atoms. The van der Waals surface area contributed by atoms with Gasteiger partial charge in [-0.1, -0.05) is 32.0 Å². The molecule has 2 heteroatoms. The summed E-state index contributed by atoms with van der Waals surface area (Å²) in [7, 11) is 0. The van der Waals surface area contributed by atoms with E-state index < -0.39 is 0 Å². The van der Waals surface area contributed by atoms with E-state index in [4.69, 9.17) is 0 Å². The Morgan fingerprint density at radius 2 is 2.06 bits per heavy atom. The van der Waals surface area contributed by atoms with Gasteiger partial charge in [-0.05, 0) is 37.3 Å². The quantitative estimate of drug-likeness (QED) is 0.848. The highest BCUT2D eigenvalue weighted by Crippen LogP contribution is 2.27. The van der Waals surface area contributed by atoms with Gasteiger partial charge in [-0.3, -0.25) is 4.90 Å². The van der Waals surface area contributed by atoms with Gasteiger partial charge in [-0.2, -0.15) is 0 Å². The third-order valence-corrected chi connectivity index (χ3v) is 4.13. The van der Waals surface area contributed by atoms with E-state index >= 15 is 0 Å². The first kappa shape index (κ1) is 12.4. The van der Waals surface area contributed by atoms with Crippen molar-refractivity contribution in [3.8, 4) is 5.75 Å². The maximum atomic E-state index is 10.0. The Morgan fingerprint density at radius 1 is 1.29 bits per heavy atom. The van der Waals surface area contributed by atoms with Crippen LogP contribution in [0.1, 0.15) is 31.4 Å². The van der Waals surface area contributed by atoms with E-state index in [1.807, 2.05) is 25.1 Å². The lowest BCUT2D eigenvalue weighted by Crippen LogP contribution is -2.37. The summed E-state index contributed by atoms with van der Waals surface area (Å²) in [5.74, 6) is 2.06. The third-order valence-electron chi connectivity index (χ3n) is 4.13. The summed E-state index contributed by atoms with van der Waals surface area (Å²) in [6, 6.07) is 6.02. The third kappa shape index (κ3) is 2.81. The zero-order valence-electron chi connectivity index (χ0n) is 11.1. The van der Waals surface area contributed by atoms with E-state index in [2.05, 4.69) is 18.7 Å². The monoisotopic (exact) mass is 233 g/mol. The molecule has 0 spiro atoms. The topological polar surface area (TPSA) is 23.5 Å². The van der Waals surface area contributed by atoms with Gasteiger partial charge in [0.2, 0.25) is 0 Å². The molecule has 1 aromatic rings. The predicted molar refractivity (Wildman–Crippen MR) is 71.1 cm³/mol. The first-order valence-electron chi connectivity index (χ1n) is 6.57. The fraction of sp³-hybridized carbons (Fsp3) is 0.600. The molecular formula is C15H23NO. The highest BCUT2D eigenvalue weighted by Gasteiger charge is 2.23. The standard InChI is InChI=1S/C15H23NO/c1-11-7-8-16(9-13(11)3)10-14-6-4-5-12(2)15(14)17/h4-6,11,13,17H,7-10H2,1-3H3. The predicted octanol–water partition coefficient (Wildman–Crippen LogP) is 3.18. The molecule has 0 amide bonds. The van der Waals surface area contributed by atoms with Crippen LogP contribution >= 0.6 is 0 Å². The Hall–Kier alpha value is -1.02. The van der Waals surface area contributed by atoms with Crippen molar-refractivity contribution in [3.63, 3.8) is 0 Å². The molecule has 2 nitrogen and oxygen atoms in total. The van der Waals surface area contributed by atoms with Crippen molar-refractivity contribution < 1.29 is 5.11 Å². The van der Waals surface area contributed by atoms with Gasteiger partial charge < -0.3 is 5.11 Å². The highest BCUT2D eigenvalue weighted by atomic mass is 16.3. The summed E-state index contributed by atoms with van der Waals surface area (Å²) in [6.45, 7) is 9.80. The van der Waals surface area contributed by atoms with Gasteiger partial charge in [0.05, 0.1) is 0 Å². The Balaban J connectivity index is 2.04. The van der Waals surface area contributed by atoms with E-state index in [9.17, 15) is 5.11 Å². The Morgan fingerprint density at radius 3 is 2.76 bits per heavy atom. The maximum absolute atomic E-state index is 10.0. The van der Waals surface area contributed by atoms with Crippen LogP contribution in [0, 0.1) is 18.8 Å². The molecule has 2 atom stereocenters. The van der Waals surface area contributed by atoms with E-state index in [0.717, 1.165) is 42.6 Å². The summed E-state index contributed by atoms with van der Waals surface area (Å²) in [6.07, 6.45) is 1.27. The Bertz CT molecular complexity index is 389. The Kier molecular flexibility index (Phi) is 3.72. The van der Waals surface area contributed by atoms with Gasteiger partial charge in [-0.25, -0.2) is 0 Å². The molecule has 1 aliphatic rings. The zero-order chi connectivity index (χ0) is 12.4. The first-order chi connectivity index (χ1) is 8.08. The minimum absolute atomic E-state index is 0.471. The lowest BCUT2D eigenvalue weighted by atomic mass is 9.88. The number of piperidine rings is 1. The van der Waals surface area contributed by atoms with Gasteiger partial charge in [-0.15, -0.1) is 0 Å². The van der Waals surface area contributed by atoms with Gasteiger partial charge >= 0.3 is 0 Å². The van der Waals surface area contributed by atoms with Gasteiger partial charge in [0.1, 0.15) is 5.75 Å². The average Bonchev–Trinajstić information content (AvgIpc) is 2.30. The summed E-state index contributed by atoms with van der Waals surface area (Å²) in [5.41, 5.74) is 2.03. The van der Waals surface area contributed by atoms with Gasteiger partial charge in [0, 0.05) is 18.7 Å². The van der Waals surface area contributed by atoms with Crippen LogP contribution in [0.15, 0.2) is 18.2 Å². The number of hydrogen-bond donors (Lipinski definition) is 1. The SMILES string of the molecule is Cc1cccc(CN2CCC(C)C(C)C2)c1O. The number of phenolic OH excluding ortho intramolecular Hbond substituents is 1. The van der Waals surface area contributed by atoms with Crippen LogP contribution < -0.4 is 0 Å². The lowest BCUT2D eigenvalue weighted by Gasteiger charge is -2.35. The average molecular weight is 233 g/mol. The number of benzene rings is 1. The summed E-state index contributed by atoms with van der Waals surface area (Å²) in [4.78, 5) is 2.46. The molecule has 0 radical (unpaired) electrons. The van der Waals surface area contributed by atoms with Crippen molar-refractivity contribution in [2.45, 2.75) is 33.7 Å². The molecule has 1 heterocycles. The number of para-hydroxylation sites is 1. The highest BCUT2D eigenvalue weighted by molar-refractivity contribution is 5.39. The molecule has 94 valence electrons. The first-order valence-corrected chi connectivity index (χ1v) is 6.57. The largest absolute Gasteiger partial charge is 0.507 e. The van der Waals surface area contributed by atoms with Gasteiger partial charge in [0.15, 0.2) is 0 Å². The summed E-state index contributed by atoms with van der Waals surface area (Å²) >= 11 is 0. The normalized spacial score (nSPS) is 26.1. The zero-order valence-corrected chi connectivity index (χ0v) is 11.1. The Labute approximate surface area is 104 Å². The molecule has 1 fully saturated rings. The second kappa shape index (κ2) is 5.09. The van der Waals surface area contributed by atoms with Crippen molar-refractivity contribution >= 4 is 0 Å². The van der Waals surface area contributed by atoms with E-state index in [0.29, 0.717) is 5.75 Å². The molecule has 17 heavy (non-hydrogen) atoms. The molecule has 1 N–H and O–H groups in total. The number of hydrogen-bond acceptors (Lipinski definition) is 2. The van der Waals surface area contributed by atoms with E-state index in [1.165, 1.54) is 6.42 Å². The van der Waals surface area contributed by atoms with Crippen LogP contribution in [0.2, 0.25) is 0 Å². The van der Waals surface area contributed by atoms with Crippen LogP contribution in [-0.2, 0) is 6.54 Å². The number of likely N-dealkylation sites (tertiary alicyclic amines) is 1. The second-order valence-corrected chi connectivity index (χ2v) is 5.56. The van der Waals surface area contributed by atoms with Crippen LogP contribution in [0.25, 0.3) is 0 Å². The minimum Gasteiger partial charge on any atom is -0.507 e. The fourth-order valence-corrected chi connectivity index (χ4v) is 2.58. The van der Waals surface area contributed by atoms with Crippen LogP contribution in [0.5, 0.6) is 5.75 Å². The van der Waals surface area contributed by atoms with Crippen molar-refractivity contribution in [2.75, 3.05) is 13.1 Å². The van der Waals surface area contributed by atoms with E-state index in [-0.39, 0.29) is 0 Å². The maximum Gasteiger partial charge on any atom is 0.122 e. The van der Waals surface area contributed by atoms with Crippen molar-refractivity contribution in [1.82, 2.24) is 4.90 Å².